The highest BCUT2D eigenvalue weighted by atomic mass is 31.2. The molecule has 0 bridgehead atoms. The smallest absolute Gasteiger partial charge is 0.462 e. The van der Waals surface area contributed by atoms with Crippen molar-refractivity contribution in [1.29, 1.82) is 0 Å². The Morgan fingerprint density at radius 1 is 0.346 bits per heavy atom. The van der Waals surface area contributed by atoms with Gasteiger partial charge in [-0.25, -0.2) is 9.13 Å². The van der Waals surface area contributed by atoms with E-state index in [2.05, 4.69) is 34.6 Å². The van der Waals surface area contributed by atoms with Gasteiger partial charge in [0.05, 0.1) is 26.4 Å². The van der Waals surface area contributed by atoms with E-state index in [0.29, 0.717) is 25.7 Å². The number of aliphatic hydroxyl groups excluding tert-OH is 1. The van der Waals surface area contributed by atoms with Crippen LogP contribution in [0.4, 0.5) is 0 Å². The fourth-order valence-electron chi connectivity index (χ4n) is 8.70. The predicted molar refractivity (Wildman–Crippen MR) is 308 cm³/mol. The Kier molecular flexibility index (Phi) is 51.8. The van der Waals surface area contributed by atoms with Gasteiger partial charge in [-0.15, -0.1) is 0 Å². The van der Waals surface area contributed by atoms with Crippen molar-refractivity contribution in [2.75, 3.05) is 39.6 Å². The van der Waals surface area contributed by atoms with E-state index in [1.165, 1.54) is 89.9 Å². The van der Waals surface area contributed by atoms with E-state index in [4.69, 9.17) is 37.0 Å². The van der Waals surface area contributed by atoms with Crippen molar-refractivity contribution in [3.63, 3.8) is 0 Å². The molecule has 0 saturated carbocycles. The van der Waals surface area contributed by atoms with Crippen molar-refractivity contribution < 1.29 is 80.2 Å². The maximum Gasteiger partial charge on any atom is 0.472 e. The van der Waals surface area contributed by atoms with Gasteiger partial charge in [-0.1, -0.05) is 240 Å². The number of unbranched alkanes of at least 4 members (excludes halogenated alkanes) is 31. The zero-order valence-electron chi connectivity index (χ0n) is 49.8. The summed E-state index contributed by atoms with van der Waals surface area (Å²) in [7, 11) is -9.87. The van der Waals surface area contributed by atoms with Crippen LogP contribution in [0, 0.1) is 5.92 Å². The third kappa shape index (κ3) is 53.4. The summed E-state index contributed by atoms with van der Waals surface area (Å²) < 4.78 is 67.6. The summed E-state index contributed by atoms with van der Waals surface area (Å²) in [5.74, 6) is -1.42. The molecule has 0 aliphatic carbocycles. The monoisotopic (exact) mass is 1160 g/mol. The quantitative estimate of drug-likeness (QED) is 0.0222. The number of phosphoric acid groups is 2. The molecule has 0 aromatic heterocycles. The summed E-state index contributed by atoms with van der Waals surface area (Å²) in [5, 5.41) is 10.5. The van der Waals surface area contributed by atoms with Crippen LogP contribution in [0.5, 0.6) is 0 Å². The summed E-state index contributed by atoms with van der Waals surface area (Å²) in [6, 6.07) is 0. The molecule has 78 heavy (non-hydrogen) atoms. The third-order valence-electron chi connectivity index (χ3n) is 13.5. The van der Waals surface area contributed by atoms with Crippen LogP contribution in [0.25, 0.3) is 0 Å². The molecule has 0 aromatic rings. The van der Waals surface area contributed by atoms with Gasteiger partial charge in [0.25, 0.3) is 0 Å². The lowest BCUT2D eigenvalue weighted by Gasteiger charge is -2.21. The lowest BCUT2D eigenvalue weighted by atomic mass is 10.0. The summed E-state index contributed by atoms with van der Waals surface area (Å²) in [5.41, 5.74) is 0. The molecule has 0 aliphatic heterocycles. The molecule has 5 atom stereocenters. The van der Waals surface area contributed by atoms with E-state index in [1.807, 2.05) is 0 Å². The van der Waals surface area contributed by atoms with Crippen molar-refractivity contribution in [2.24, 2.45) is 5.92 Å². The van der Waals surface area contributed by atoms with E-state index in [0.717, 1.165) is 121 Å². The van der Waals surface area contributed by atoms with Crippen LogP contribution in [-0.2, 0) is 65.4 Å². The Balaban J connectivity index is 5.19. The molecule has 0 radical (unpaired) electrons. The summed E-state index contributed by atoms with van der Waals surface area (Å²) in [6.45, 7) is 7.04. The van der Waals surface area contributed by atoms with Crippen LogP contribution in [0.3, 0.4) is 0 Å². The average Bonchev–Trinajstić information content (AvgIpc) is 3.40. The molecule has 0 spiro atoms. The number of rotatable bonds is 59. The molecule has 19 heteroatoms. The zero-order chi connectivity index (χ0) is 57.8. The molecular weight excluding hydrogens is 1040 g/mol. The molecule has 0 fully saturated rings. The second-order valence-corrected chi connectivity index (χ2v) is 24.8. The molecule has 2 unspecified atom stereocenters. The second-order valence-electron chi connectivity index (χ2n) is 21.9. The van der Waals surface area contributed by atoms with Crippen molar-refractivity contribution >= 4 is 39.5 Å². The Labute approximate surface area is 473 Å². The van der Waals surface area contributed by atoms with Crippen LogP contribution in [-0.4, -0.2) is 96.7 Å². The fraction of sp³-hybridized carbons (Fsp3) is 0.932. The highest BCUT2D eigenvalue weighted by Crippen LogP contribution is 2.45. The summed E-state index contributed by atoms with van der Waals surface area (Å²) in [6.07, 6.45) is 35.1. The largest absolute Gasteiger partial charge is 0.472 e. The minimum absolute atomic E-state index is 0.103. The van der Waals surface area contributed by atoms with E-state index >= 15 is 0 Å². The normalized spacial score (nSPS) is 14.4. The molecule has 17 nitrogen and oxygen atoms in total. The van der Waals surface area contributed by atoms with Gasteiger partial charge in [0.1, 0.15) is 19.3 Å². The Morgan fingerprint density at radius 2 is 0.590 bits per heavy atom. The molecule has 0 saturated heterocycles. The van der Waals surface area contributed by atoms with E-state index < -0.39 is 97.5 Å². The lowest BCUT2D eigenvalue weighted by molar-refractivity contribution is -0.161. The maximum atomic E-state index is 12.9. The van der Waals surface area contributed by atoms with Gasteiger partial charge in [0.15, 0.2) is 12.2 Å². The first kappa shape index (κ1) is 76.1. The van der Waals surface area contributed by atoms with E-state index in [-0.39, 0.29) is 25.7 Å². The number of hydrogen-bond acceptors (Lipinski definition) is 15. The SMILES string of the molecule is CCCCCCCCCCCCCCCC(=O)O[C@H](COC(=O)CCCCCCCCCCC(C)C)COP(=O)(O)OC[C@@H](O)COP(=O)(O)OC[C@@H](COC(=O)CCCCCCCCC)OC(=O)CCCCCCCCC. The van der Waals surface area contributed by atoms with Gasteiger partial charge in [0, 0.05) is 25.7 Å². The maximum absolute atomic E-state index is 12.9. The summed E-state index contributed by atoms with van der Waals surface area (Å²) in [4.78, 5) is 71.7. The number of hydrogen-bond donors (Lipinski definition) is 3. The fourth-order valence-corrected chi connectivity index (χ4v) is 10.3. The third-order valence-corrected chi connectivity index (χ3v) is 15.4. The minimum atomic E-state index is -4.94. The Hall–Kier alpha value is -1.94. The molecule has 0 aromatic carbocycles. The van der Waals surface area contributed by atoms with Crippen LogP contribution in [0.1, 0.15) is 291 Å². The second kappa shape index (κ2) is 53.1. The summed E-state index contributed by atoms with van der Waals surface area (Å²) >= 11 is 0. The molecule has 462 valence electrons. The first-order chi connectivity index (χ1) is 37.5. The van der Waals surface area contributed by atoms with Crippen LogP contribution >= 0.6 is 15.6 Å². The first-order valence-electron chi connectivity index (χ1n) is 31.1. The number of esters is 4. The van der Waals surface area contributed by atoms with Crippen molar-refractivity contribution in [2.45, 2.75) is 310 Å². The lowest BCUT2D eigenvalue weighted by Crippen LogP contribution is -2.30. The Morgan fingerprint density at radius 3 is 0.872 bits per heavy atom. The van der Waals surface area contributed by atoms with Crippen LogP contribution in [0.2, 0.25) is 0 Å². The number of aliphatic hydroxyl groups is 1. The number of carbonyl (C=O) groups excluding carboxylic acids is 4. The predicted octanol–water partition coefficient (Wildman–Crippen LogP) is 15.8. The van der Waals surface area contributed by atoms with Crippen LogP contribution in [0.15, 0.2) is 0 Å². The van der Waals surface area contributed by atoms with Gasteiger partial charge >= 0.3 is 39.5 Å². The van der Waals surface area contributed by atoms with Gasteiger partial charge in [-0.2, -0.15) is 0 Å². The Bertz CT molecular complexity index is 1530. The standard InChI is InChI=1S/C59H114O17P2/c1-6-9-12-15-18-19-20-21-22-23-30-35-40-45-59(64)76-55(49-70-57(62)43-38-33-29-25-24-28-31-36-41-52(4)5)51-74-78(67,68)72-47-53(60)46-71-77(65,66)73-50-54(75-58(63)44-39-34-27-17-14-11-8-3)48-69-56(61)42-37-32-26-16-13-10-7-2/h52-55,60H,6-51H2,1-5H3,(H,65,66)(H,67,68)/t53-,54+,55+/m0/s1. The molecule has 0 aliphatic rings. The number of carbonyl (C=O) groups is 4. The highest BCUT2D eigenvalue weighted by Gasteiger charge is 2.30. The van der Waals surface area contributed by atoms with Gasteiger partial charge < -0.3 is 33.8 Å². The van der Waals surface area contributed by atoms with E-state index in [9.17, 15) is 43.2 Å². The van der Waals surface area contributed by atoms with Gasteiger partial charge in [-0.05, 0) is 31.6 Å². The first-order valence-corrected chi connectivity index (χ1v) is 34.1. The van der Waals surface area contributed by atoms with Crippen molar-refractivity contribution in [1.82, 2.24) is 0 Å². The molecule has 0 heterocycles. The van der Waals surface area contributed by atoms with Crippen molar-refractivity contribution in [3.8, 4) is 0 Å². The highest BCUT2D eigenvalue weighted by molar-refractivity contribution is 7.47. The van der Waals surface area contributed by atoms with Gasteiger partial charge in [-0.3, -0.25) is 37.3 Å². The molecule has 0 amide bonds. The van der Waals surface area contributed by atoms with Crippen LogP contribution < -0.4 is 0 Å². The molecule has 3 N–H and O–H groups in total. The van der Waals surface area contributed by atoms with Gasteiger partial charge in [0.2, 0.25) is 0 Å². The number of ether oxygens (including phenoxy) is 4. The number of phosphoric ester groups is 2. The van der Waals surface area contributed by atoms with Crippen molar-refractivity contribution in [3.05, 3.63) is 0 Å². The zero-order valence-corrected chi connectivity index (χ0v) is 51.6. The van der Waals surface area contributed by atoms with E-state index in [1.54, 1.807) is 0 Å². The average molecular weight is 1160 g/mol. The molecular formula is C59H114O17P2. The topological polar surface area (TPSA) is 237 Å². The molecule has 0 rings (SSSR count). The minimum Gasteiger partial charge on any atom is -0.462 e.